The summed E-state index contributed by atoms with van der Waals surface area (Å²) in [5, 5.41) is 4.14. The van der Waals surface area contributed by atoms with Crippen molar-refractivity contribution in [3.63, 3.8) is 0 Å². The standard InChI is InChI=1S/C22H28N4O4/c1-15-10-18(23-30-15)14-24-12-16-11-17(13-24)21(26-19(16)4-2-5-20(26)27)22(28)25-6-3-8-29-9-7-25/h2,4-5,10,16-17,21H,3,6-9,11-14H2,1H3/t16-,17+,21+/m0/s1. The summed E-state index contributed by atoms with van der Waals surface area (Å²) < 4.78 is 12.5. The number of fused-ring (bicyclic) bond motifs is 4. The van der Waals surface area contributed by atoms with Crippen LogP contribution in [0.4, 0.5) is 0 Å². The molecule has 5 rings (SSSR count). The van der Waals surface area contributed by atoms with Crippen LogP contribution in [0.25, 0.3) is 0 Å². The van der Waals surface area contributed by atoms with Crippen molar-refractivity contribution in [3.8, 4) is 0 Å². The second-order valence-corrected chi connectivity index (χ2v) is 8.71. The van der Waals surface area contributed by atoms with Gasteiger partial charge in [-0.15, -0.1) is 0 Å². The Bertz CT molecular complexity index is 976. The van der Waals surface area contributed by atoms with Crippen molar-refractivity contribution >= 4 is 5.91 Å². The van der Waals surface area contributed by atoms with E-state index in [1.54, 1.807) is 10.6 Å². The molecule has 0 aromatic carbocycles. The van der Waals surface area contributed by atoms with Gasteiger partial charge in [0.15, 0.2) is 0 Å². The first kappa shape index (κ1) is 19.5. The van der Waals surface area contributed by atoms with Gasteiger partial charge in [-0.05, 0) is 25.8 Å². The Morgan fingerprint density at radius 3 is 2.97 bits per heavy atom. The number of rotatable bonds is 3. The molecule has 30 heavy (non-hydrogen) atoms. The van der Waals surface area contributed by atoms with E-state index in [4.69, 9.17) is 9.26 Å². The minimum atomic E-state index is -0.454. The fraction of sp³-hybridized carbons (Fsp3) is 0.591. The Morgan fingerprint density at radius 1 is 1.23 bits per heavy atom. The lowest BCUT2D eigenvalue weighted by Gasteiger charge is -2.47. The van der Waals surface area contributed by atoms with Crippen LogP contribution in [0.2, 0.25) is 0 Å². The number of ether oxygens (including phenoxy) is 1. The Morgan fingerprint density at radius 2 is 2.13 bits per heavy atom. The molecule has 3 aliphatic rings. The lowest BCUT2D eigenvalue weighted by molar-refractivity contribution is -0.138. The average molecular weight is 412 g/mol. The molecule has 160 valence electrons. The second kappa shape index (κ2) is 8.00. The van der Waals surface area contributed by atoms with Crippen LogP contribution in [0.5, 0.6) is 0 Å². The van der Waals surface area contributed by atoms with E-state index < -0.39 is 6.04 Å². The van der Waals surface area contributed by atoms with Crippen molar-refractivity contribution in [3.05, 3.63) is 51.8 Å². The van der Waals surface area contributed by atoms with Crippen LogP contribution in [0.1, 0.15) is 41.9 Å². The Balaban J connectivity index is 1.47. The van der Waals surface area contributed by atoms with Crippen LogP contribution in [0.15, 0.2) is 33.6 Å². The molecule has 3 atom stereocenters. The Hall–Kier alpha value is -2.45. The van der Waals surface area contributed by atoms with E-state index >= 15 is 0 Å². The van der Waals surface area contributed by atoms with E-state index in [0.29, 0.717) is 32.8 Å². The fourth-order valence-electron chi connectivity index (χ4n) is 5.35. The molecule has 5 heterocycles. The summed E-state index contributed by atoms with van der Waals surface area (Å²) >= 11 is 0. The van der Waals surface area contributed by atoms with Crippen molar-refractivity contribution in [1.29, 1.82) is 0 Å². The van der Waals surface area contributed by atoms with Gasteiger partial charge in [0.1, 0.15) is 11.8 Å². The summed E-state index contributed by atoms with van der Waals surface area (Å²) in [6.07, 6.45) is 1.76. The van der Waals surface area contributed by atoms with Crippen molar-refractivity contribution < 1.29 is 14.1 Å². The maximum Gasteiger partial charge on any atom is 0.251 e. The predicted molar refractivity (Wildman–Crippen MR) is 109 cm³/mol. The lowest BCUT2D eigenvalue weighted by atomic mass is 9.78. The number of aromatic nitrogens is 2. The summed E-state index contributed by atoms with van der Waals surface area (Å²) in [7, 11) is 0. The van der Waals surface area contributed by atoms with E-state index in [-0.39, 0.29) is 23.3 Å². The van der Waals surface area contributed by atoms with E-state index in [2.05, 4.69) is 10.1 Å². The summed E-state index contributed by atoms with van der Waals surface area (Å²) in [6.45, 7) is 6.72. The van der Waals surface area contributed by atoms with E-state index in [9.17, 15) is 9.59 Å². The predicted octanol–water partition coefficient (Wildman–Crippen LogP) is 1.55. The maximum absolute atomic E-state index is 13.7. The number of hydrogen-bond donors (Lipinski definition) is 0. The molecule has 8 nitrogen and oxygen atoms in total. The number of nitrogens with zero attached hydrogens (tertiary/aromatic N) is 4. The molecule has 0 radical (unpaired) electrons. The molecule has 8 heteroatoms. The lowest BCUT2D eigenvalue weighted by Crippen LogP contribution is -2.54. The first-order valence-electron chi connectivity index (χ1n) is 10.8. The zero-order valence-electron chi connectivity index (χ0n) is 17.3. The van der Waals surface area contributed by atoms with Gasteiger partial charge in [0.25, 0.3) is 5.56 Å². The van der Waals surface area contributed by atoms with Crippen LogP contribution < -0.4 is 5.56 Å². The number of carbonyl (C=O) groups is 1. The molecule has 0 unspecified atom stereocenters. The van der Waals surface area contributed by atoms with Gasteiger partial charge >= 0.3 is 0 Å². The largest absolute Gasteiger partial charge is 0.380 e. The first-order valence-corrected chi connectivity index (χ1v) is 10.8. The van der Waals surface area contributed by atoms with Gasteiger partial charge in [-0.25, -0.2) is 0 Å². The molecule has 0 spiro atoms. The van der Waals surface area contributed by atoms with Crippen LogP contribution in [0, 0.1) is 12.8 Å². The van der Waals surface area contributed by atoms with Gasteiger partial charge in [-0.2, -0.15) is 0 Å². The zero-order chi connectivity index (χ0) is 20.7. The highest BCUT2D eigenvalue weighted by Crippen LogP contribution is 2.42. The molecule has 2 aromatic rings. The normalized spacial score (nSPS) is 26.8. The highest BCUT2D eigenvalue weighted by Gasteiger charge is 2.45. The van der Waals surface area contributed by atoms with Gasteiger partial charge in [0.05, 0.1) is 12.3 Å². The molecule has 1 amide bonds. The fourth-order valence-corrected chi connectivity index (χ4v) is 5.35. The molecule has 0 N–H and O–H groups in total. The topological polar surface area (TPSA) is 80.8 Å². The molecule has 2 saturated heterocycles. The minimum Gasteiger partial charge on any atom is -0.380 e. The zero-order valence-corrected chi connectivity index (χ0v) is 17.3. The molecule has 2 bridgehead atoms. The molecule has 0 aliphatic carbocycles. The van der Waals surface area contributed by atoms with Gasteiger partial charge in [0.2, 0.25) is 5.91 Å². The van der Waals surface area contributed by atoms with Crippen molar-refractivity contribution in [2.75, 3.05) is 39.4 Å². The highest BCUT2D eigenvalue weighted by atomic mass is 16.5. The number of aryl methyl sites for hydroxylation is 1. The number of amides is 1. The summed E-state index contributed by atoms with van der Waals surface area (Å²) in [5.41, 5.74) is 1.81. The third-order valence-electron chi connectivity index (χ3n) is 6.57. The van der Waals surface area contributed by atoms with Crippen LogP contribution >= 0.6 is 0 Å². The number of carbonyl (C=O) groups excluding carboxylic acids is 1. The van der Waals surface area contributed by atoms with Crippen molar-refractivity contribution in [2.24, 2.45) is 5.92 Å². The first-order chi connectivity index (χ1) is 14.6. The molecule has 2 aromatic heterocycles. The van der Waals surface area contributed by atoms with Crippen LogP contribution in [-0.2, 0) is 16.1 Å². The van der Waals surface area contributed by atoms with E-state index in [1.165, 1.54) is 0 Å². The van der Waals surface area contributed by atoms with Crippen molar-refractivity contribution in [1.82, 2.24) is 19.5 Å². The summed E-state index contributed by atoms with van der Waals surface area (Å²) in [6, 6.07) is 6.91. The maximum atomic E-state index is 13.7. The van der Waals surface area contributed by atoms with Crippen molar-refractivity contribution in [2.45, 2.75) is 38.3 Å². The SMILES string of the molecule is Cc1cc(CN2C[C@@H]3C[C@H](C2)[C@H](C(=O)N2CCCOCC2)n2c3cccc2=O)no1. The third kappa shape index (κ3) is 3.58. The molecular formula is C22H28N4O4. The number of likely N-dealkylation sites (tertiary alicyclic amines) is 1. The molecular weight excluding hydrogens is 384 g/mol. The number of pyridine rings is 1. The minimum absolute atomic E-state index is 0.0534. The van der Waals surface area contributed by atoms with Gasteiger partial charge in [-0.3, -0.25) is 19.1 Å². The van der Waals surface area contributed by atoms with Crippen LogP contribution in [0.3, 0.4) is 0 Å². The van der Waals surface area contributed by atoms with Gasteiger partial charge in [0, 0.05) is 69.0 Å². The monoisotopic (exact) mass is 412 g/mol. The highest BCUT2D eigenvalue weighted by molar-refractivity contribution is 5.81. The third-order valence-corrected chi connectivity index (χ3v) is 6.57. The second-order valence-electron chi connectivity index (χ2n) is 8.71. The quantitative estimate of drug-likeness (QED) is 0.761. The number of hydrogen-bond acceptors (Lipinski definition) is 6. The number of piperidine rings is 1. The van der Waals surface area contributed by atoms with Crippen LogP contribution in [-0.4, -0.2) is 64.8 Å². The average Bonchev–Trinajstić information content (AvgIpc) is 2.97. The van der Waals surface area contributed by atoms with Gasteiger partial charge in [-0.1, -0.05) is 11.2 Å². The Kier molecular flexibility index (Phi) is 5.20. The van der Waals surface area contributed by atoms with Gasteiger partial charge < -0.3 is 14.2 Å². The van der Waals surface area contributed by atoms with E-state index in [0.717, 1.165) is 43.1 Å². The molecule has 2 fully saturated rings. The smallest absolute Gasteiger partial charge is 0.251 e. The molecule has 0 saturated carbocycles. The van der Waals surface area contributed by atoms with E-state index in [1.807, 2.05) is 30.0 Å². The Labute approximate surface area is 175 Å². The summed E-state index contributed by atoms with van der Waals surface area (Å²) in [4.78, 5) is 30.8. The molecule has 3 aliphatic heterocycles. The summed E-state index contributed by atoms with van der Waals surface area (Å²) in [5.74, 6) is 1.19.